The van der Waals surface area contributed by atoms with Crippen molar-refractivity contribution in [2.75, 3.05) is 10.6 Å². The summed E-state index contributed by atoms with van der Waals surface area (Å²) in [6, 6.07) is 15.0. The zero-order valence-electron chi connectivity index (χ0n) is 13.0. The maximum atomic E-state index is 13.2. The Balaban J connectivity index is 1.78. The summed E-state index contributed by atoms with van der Waals surface area (Å²) < 4.78 is 13.2. The first-order valence-corrected chi connectivity index (χ1v) is 7.33. The summed E-state index contributed by atoms with van der Waals surface area (Å²) in [5.74, 6) is 0.758. The van der Waals surface area contributed by atoms with Crippen LogP contribution < -0.4 is 10.6 Å². The molecule has 0 bridgehead atoms. The number of hydrogen-bond donors (Lipinski definition) is 2. The van der Waals surface area contributed by atoms with Gasteiger partial charge in [0.15, 0.2) is 5.78 Å². The molecule has 0 unspecified atom stereocenters. The SMILES string of the molecule is CC(=O)c1cccc(Nc2cc(Nc3cccc(F)c3)ncn2)c1. The third-order valence-electron chi connectivity index (χ3n) is 3.31. The molecule has 0 radical (unpaired) electrons. The molecule has 0 saturated heterocycles. The van der Waals surface area contributed by atoms with Crippen molar-refractivity contribution in [2.45, 2.75) is 6.92 Å². The van der Waals surface area contributed by atoms with Gasteiger partial charge in [-0.3, -0.25) is 4.79 Å². The number of ketones is 1. The third-order valence-corrected chi connectivity index (χ3v) is 3.31. The van der Waals surface area contributed by atoms with Gasteiger partial charge < -0.3 is 10.6 Å². The number of anilines is 4. The van der Waals surface area contributed by atoms with Crippen molar-refractivity contribution in [3.05, 3.63) is 72.3 Å². The van der Waals surface area contributed by atoms with Gasteiger partial charge in [0.2, 0.25) is 0 Å². The fourth-order valence-electron chi connectivity index (χ4n) is 2.17. The number of benzene rings is 2. The lowest BCUT2D eigenvalue weighted by Crippen LogP contribution is -1.99. The van der Waals surface area contributed by atoms with Crippen LogP contribution in [-0.2, 0) is 0 Å². The number of carbonyl (C=O) groups is 1. The lowest BCUT2D eigenvalue weighted by molar-refractivity contribution is 0.101. The summed E-state index contributed by atoms with van der Waals surface area (Å²) in [7, 11) is 0. The zero-order chi connectivity index (χ0) is 16.9. The molecule has 3 rings (SSSR count). The van der Waals surface area contributed by atoms with Gasteiger partial charge in [0.1, 0.15) is 23.8 Å². The summed E-state index contributed by atoms with van der Waals surface area (Å²) in [6.07, 6.45) is 1.40. The Morgan fingerprint density at radius 1 is 0.917 bits per heavy atom. The van der Waals surface area contributed by atoms with E-state index in [1.807, 2.05) is 6.07 Å². The Morgan fingerprint density at radius 3 is 2.17 bits per heavy atom. The molecular weight excluding hydrogens is 307 g/mol. The van der Waals surface area contributed by atoms with Gasteiger partial charge in [-0.05, 0) is 37.3 Å². The minimum absolute atomic E-state index is 0.00482. The first-order valence-electron chi connectivity index (χ1n) is 7.33. The van der Waals surface area contributed by atoms with Crippen LogP contribution in [0.15, 0.2) is 60.9 Å². The van der Waals surface area contributed by atoms with E-state index in [9.17, 15) is 9.18 Å². The highest BCUT2D eigenvalue weighted by Crippen LogP contribution is 2.20. The van der Waals surface area contributed by atoms with Crippen molar-refractivity contribution >= 4 is 28.8 Å². The van der Waals surface area contributed by atoms with Gasteiger partial charge in [-0.25, -0.2) is 14.4 Å². The molecule has 120 valence electrons. The number of nitrogens with zero attached hydrogens (tertiary/aromatic N) is 2. The van der Waals surface area contributed by atoms with Crippen molar-refractivity contribution < 1.29 is 9.18 Å². The summed E-state index contributed by atoms with van der Waals surface area (Å²) in [5.41, 5.74) is 1.96. The fraction of sp³-hybridized carbons (Fsp3) is 0.0556. The molecule has 0 aliphatic carbocycles. The second-order valence-electron chi connectivity index (χ2n) is 5.19. The van der Waals surface area contributed by atoms with Crippen LogP contribution in [0.2, 0.25) is 0 Å². The normalized spacial score (nSPS) is 10.2. The maximum absolute atomic E-state index is 13.2. The van der Waals surface area contributed by atoms with E-state index in [1.165, 1.54) is 25.4 Å². The second-order valence-corrected chi connectivity index (χ2v) is 5.19. The van der Waals surface area contributed by atoms with Crippen LogP contribution in [-0.4, -0.2) is 15.8 Å². The standard InChI is InChI=1S/C18H15FN4O/c1-12(24)13-4-2-6-15(8-13)22-17-10-18(21-11-20-17)23-16-7-3-5-14(19)9-16/h2-11H,1H3,(H2,20,21,22,23). The van der Waals surface area contributed by atoms with Crippen molar-refractivity contribution in [1.82, 2.24) is 9.97 Å². The third kappa shape index (κ3) is 3.92. The summed E-state index contributed by atoms with van der Waals surface area (Å²) in [6.45, 7) is 1.52. The van der Waals surface area contributed by atoms with Crippen LogP contribution in [0.4, 0.5) is 27.4 Å². The Morgan fingerprint density at radius 2 is 1.54 bits per heavy atom. The highest BCUT2D eigenvalue weighted by atomic mass is 19.1. The number of hydrogen-bond acceptors (Lipinski definition) is 5. The van der Waals surface area contributed by atoms with Crippen molar-refractivity contribution in [3.63, 3.8) is 0 Å². The zero-order valence-corrected chi connectivity index (χ0v) is 13.0. The van der Waals surface area contributed by atoms with E-state index < -0.39 is 0 Å². The highest BCUT2D eigenvalue weighted by Gasteiger charge is 2.04. The molecule has 2 N–H and O–H groups in total. The van der Waals surface area contributed by atoms with Crippen LogP contribution in [0.5, 0.6) is 0 Å². The molecule has 0 amide bonds. The first-order chi connectivity index (χ1) is 11.6. The van der Waals surface area contributed by atoms with E-state index in [0.29, 0.717) is 22.9 Å². The first kappa shape index (κ1) is 15.6. The number of halogens is 1. The van der Waals surface area contributed by atoms with Crippen molar-refractivity contribution in [2.24, 2.45) is 0 Å². The van der Waals surface area contributed by atoms with Crippen LogP contribution >= 0.6 is 0 Å². The van der Waals surface area contributed by atoms with Crippen LogP contribution in [0.3, 0.4) is 0 Å². The predicted octanol–water partition coefficient (Wildman–Crippen LogP) is 4.31. The average Bonchev–Trinajstić information content (AvgIpc) is 2.55. The fourth-order valence-corrected chi connectivity index (χ4v) is 2.17. The van der Waals surface area contributed by atoms with E-state index in [-0.39, 0.29) is 11.6 Å². The summed E-state index contributed by atoms with van der Waals surface area (Å²) in [5, 5.41) is 6.13. The number of aromatic nitrogens is 2. The summed E-state index contributed by atoms with van der Waals surface area (Å²) >= 11 is 0. The Kier molecular flexibility index (Phi) is 4.47. The molecule has 0 atom stereocenters. The van der Waals surface area contributed by atoms with E-state index in [0.717, 1.165) is 5.69 Å². The van der Waals surface area contributed by atoms with Gasteiger partial charge in [-0.15, -0.1) is 0 Å². The minimum atomic E-state index is -0.326. The number of nitrogens with one attached hydrogen (secondary N) is 2. The molecule has 24 heavy (non-hydrogen) atoms. The molecule has 0 spiro atoms. The van der Waals surface area contributed by atoms with E-state index >= 15 is 0 Å². The van der Waals surface area contributed by atoms with Crippen LogP contribution in [0.25, 0.3) is 0 Å². The van der Waals surface area contributed by atoms with E-state index in [4.69, 9.17) is 0 Å². The molecule has 0 aliphatic rings. The molecule has 3 aromatic rings. The second kappa shape index (κ2) is 6.87. The molecular formula is C18H15FN4O. The van der Waals surface area contributed by atoms with E-state index in [1.54, 1.807) is 36.4 Å². The van der Waals surface area contributed by atoms with Gasteiger partial charge in [0, 0.05) is 23.0 Å². The molecule has 5 nitrogen and oxygen atoms in total. The molecule has 0 aliphatic heterocycles. The van der Waals surface area contributed by atoms with Gasteiger partial charge in [0.25, 0.3) is 0 Å². The van der Waals surface area contributed by atoms with Gasteiger partial charge in [-0.1, -0.05) is 18.2 Å². The maximum Gasteiger partial charge on any atom is 0.159 e. The molecule has 2 aromatic carbocycles. The number of rotatable bonds is 5. The lowest BCUT2D eigenvalue weighted by Gasteiger charge is -2.09. The lowest BCUT2D eigenvalue weighted by atomic mass is 10.1. The average molecular weight is 322 g/mol. The van der Waals surface area contributed by atoms with Crippen LogP contribution in [0.1, 0.15) is 17.3 Å². The Bertz CT molecular complexity index is 882. The summed E-state index contributed by atoms with van der Waals surface area (Å²) in [4.78, 5) is 19.7. The Labute approximate surface area is 138 Å². The molecule has 6 heteroatoms. The largest absolute Gasteiger partial charge is 0.340 e. The van der Waals surface area contributed by atoms with Crippen molar-refractivity contribution in [3.8, 4) is 0 Å². The molecule has 1 aromatic heterocycles. The van der Waals surface area contributed by atoms with Crippen LogP contribution in [0, 0.1) is 5.82 Å². The van der Waals surface area contributed by atoms with Gasteiger partial charge in [0.05, 0.1) is 0 Å². The Hall–Kier alpha value is -3.28. The van der Waals surface area contributed by atoms with Gasteiger partial charge in [-0.2, -0.15) is 0 Å². The number of carbonyl (C=O) groups excluding carboxylic acids is 1. The van der Waals surface area contributed by atoms with Gasteiger partial charge >= 0.3 is 0 Å². The quantitative estimate of drug-likeness (QED) is 0.685. The number of Topliss-reactive ketones (excluding diaryl/α,β-unsaturated/α-hetero) is 1. The molecule has 0 fully saturated rings. The topological polar surface area (TPSA) is 66.9 Å². The molecule has 0 saturated carbocycles. The van der Waals surface area contributed by atoms with Crippen molar-refractivity contribution in [1.29, 1.82) is 0 Å². The van der Waals surface area contributed by atoms with E-state index in [2.05, 4.69) is 20.6 Å². The minimum Gasteiger partial charge on any atom is -0.340 e. The smallest absolute Gasteiger partial charge is 0.159 e. The monoisotopic (exact) mass is 322 g/mol. The highest BCUT2D eigenvalue weighted by molar-refractivity contribution is 5.95. The predicted molar refractivity (Wildman–Crippen MR) is 91.4 cm³/mol. The molecule has 1 heterocycles.